The van der Waals surface area contributed by atoms with Gasteiger partial charge in [0.2, 0.25) is 0 Å². The standard InChI is InChI=1S/C8H4BrFOS/c9-8-3-5-6(10)1-4(11)2-7(5)12-8/h1-3,11H. The maximum atomic E-state index is 13.1. The van der Waals surface area contributed by atoms with Gasteiger partial charge in [0.15, 0.2) is 0 Å². The fourth-order valence-electron chi connectivity index (χ4n) is 1.05. The largest absolute Gasteiger partial charge is 0.508 e. The summed E-state index contributed by atoms with van der Waals surface area (Å²) >= 11 is 4.65. The number of rotatable bonds is 0. The van der Waals surface area contributed by atoms with Crippen molar-refractivity contribution in [3.8, 4) is 5.75 Å². The monoisotopic (exact) mass is 246 g/mol. The minimum Gasteiger partial charge on any atom is -0.508 e. The van der Waals surface area contributed by atoms with E-state index >= 15 is 0 Å². The van der Waals surface area contributed by atoms with Crippen molar-refractivity contribution in [2.75, 3.05) is 0 Å². The second kappa shape index (κ2) is 2.71. The molecule has 0 aliphatic rings. The summed E-state index contributed by atoms with van der Waals surface area (Å²) in [7, 11) is 0. The highest BCUT2D eigenvalue weighted by atomic mass is 79.9. The Balaban J connectivity index is 2.88. The second-order valence-electron chi connectivity index (χ2n) is 2.39. The van der Waals surface area contributed by atoms with Gasteiger partial charge in [-0.2, -0.15) is 0 Å². The normalized spacial score (nSPS) is 10.8. The van der Waals surface area contributed by atoms with E-state index in [-0.39, 0.29) is 11.6 Å². The zero-order valence-corrected chi connectivity index (χ0v) is 8.25. The Bertz CT molecular complexity index is 438. The predicted octanol–water partition coefficient (Wildman–Crippen LogP) is 3.51. The number of phenols is 1. The van der Waals surface area contributed by atoms with Crippen molar-refractivity contribution in [3.05, 3.63) is 27.8 Å². The molecule has 0 bridgehead atoms. The number of fused-ring (bicyclic) bond motifs is 1. The second-order valence-corrected chi connectivity index (χ2v) is 4.85. The van der Waals surface area contributed by atoms with Gasteiger partial charge in [-0.3, -0.25) is 0 Å². The average Bonchev–Trinajstić information content (AvgIpc) is 2.29. The molecular weight excluding hydrogens is 243 g/mol. The van der Waals surface area contributed by atoms with E-state index < -0.39 is 0 Å². The molecule has 1 N–H and O–H groups in total. The first-order valence-corrected chi connectivity index (χ1v) is 4.85. The van der Waals surface area contributed by atoms with Gasteiger partial charge in [-0.05, 0) is 28.1 Å². The Morgan fingerprint density at radius 1 is 1.33 bits per heavy atom. The highest BCUT2D eigenvalue weighted by molar-refractivity contribution is 9.11. The third kappa shape index (κ3) is 1.21. The lowest BCUT2D eigenvalue weighted by Crippen LogP contribution is -1.73. The van der Waals surface area contributed by atoms with Gasteiger partial charge < -0.3 is 5.11 Å². The van der Waals surface area contributed by atoms with E-state index in [1.807, 2.05) is 0 Å². The zero-order chi connectivity index (χ0) is 8.72. The fourth-order valence-corrected chi connectivity index (χ4v) is 2.64. The summed E-state index contributed by atoms with van der Waals surface area (Å²) in [6.45, 7) is 0. The summed E-state index contributed by atoms with van der Waals surface area (Å²) in [5.41, 5.74) is 0. The van der Waals surface area contributed by atoms with Crippen LogP contribution in [0.5, 0.6) is 5.75 Å². The average molecular weight is 247 g/mol. The van der Waals surface area contributed by atoms with Crippen LogP contribution in [0.25, 0.3) is 10.1 Å². The van der Waals surface area contributed by atoms with Gasteiger partial charge in [-0.15, -0.1) is 11.3 Å². The van der Waals surface area contributed by atoms with Crippen molar-refractivity contribution in [3.63, 3.8) is 0 Å². The number of thiophene rings is 1. The Kier molecular flexibility index (Phi) is 1.81. The third-order valence-electron chi connectivity index (χ3n) is 1.54. The minimum atomic E-state index is -0.382. The van der Waals surface area contributed by atoms with Crippen LogP contribution in [-0.2, 0) is 0 Å². The van der Waals surface area contributed by atoms with Crippen molar-refractivity contribution in [2.24, 2.45) is 0 Å². The topological polar surface area (TPSA) is 20.2 Å². The van der Waals surface area contributed by atoms with Gasteiger partial charge in [0.25, 0.3) is 0 Å². The van der Waals surface area contributed by atoms with Crippen molar-refractivity contribution < 1.29 is 9.50 Å². The zero-order valence-electron chi connectivity index (χ0n) is 5.84. The molecule has 0 aliphatic carbocycles. The molecule has 62 valence electrons. The third-order valence-corrected chi connectivity index (χ3v) is 3.13. The molecule has 1 nitrogen and oxygen atoms in total. The van der Waals surface area contributed by atoms with E-state index in [1.165, 1.54) is 11.3 Å². The Labute approximate surface area is 80.6 Å². The maximum absolute atomic E-state index is 13.1. The Morgan fingerprint density at radius 2 is 2.08 bits per heavy atom. The number of aromatic hydroxyl groups is 1. The van der Waals surface area contributed by atoms with Gasteiger partial charge in [-0.1, -0.05) is 0 Å². The lowest BCUT2D eigenvalue weighted by atomic mass is 10.2. The van der Waals surface area contributed by atoms with E-state index in [0.717, 1.165) is 14.6 Å². The SMILES string of the molecule is Oc1cc(F)c2cc(Br)sc2c1. The first-order valence-electron chi connectivity index (χ1n) is 3.24. The fraction of sp³-hybridized carbons (Fsp3) is 0. The summed E-state index contributed by atoms with van der Waals surface area (Å²) in [4.78, 5) is 0. The molecule has 0 fully saturated rings. The predicted molar refractivity (Wildman–Crippen MR) is 51.1 cm³/mol. The van der Waals surface area contributed by atoms with Crippen LogP contribution in [0.15, 0.2) is 22.0 Å². The van der Waals surface area contributed by atoms with E-state index in [2.05, 4.69) is 15.9 Å². The van der Waals surface area contributed by atoms with E-state index in [1.54, 1.807) is 12.1 Å². The maximum Gasteiger partial charge on any atom is 0.135 e. The molecule has 1 heterocycles. The molecule has 0 saturated heterocycles. The molecule has 1 aromatic carbocycles. The number of hydrogen-bond donors (Lipinski definition) is 1. The van der Waals surface area contributed by atoms with Crippen LogP contribution < -0.4 is 0 Å². The number of hydrogen-bond acceptors (Lipinski definition) is 2. The molecule has 0 amide bonds. The van der Waals surface area contributed by atoms with E-state index in [0.29, 0.717) is 5.39 Å². The summed E-state index contributed by atoms with van der Waals surface area (Å²) in [5.74, 6) is -0.415. The summed E-state index contributed by atoms with van der Waals surface area (Å²) in [6, 6.07) is 4.37. The lowest BCUT2D eigenvalue weighted by molar-refractivity contribution is 0.471. The van der Waals surface area contributed by atoms with Crippen LogP contribution in [0, 0.1) is 5.82 Å². The van der Waals surface area contributed by atoms with E-state index in [4.69, 9.17) is 5.11 Å². The van der Waals surface area contributed by atoms with Crippen molar-refractivity contribution in [1.29, 1.82) is 0 Å². The first-order chi connectivity index (χ1) is 5.66. The van der Waals surface area contributed by atoms with Gasteiger partial charge in [0.05, 0.1) is 3.79 Å². The van der Waals surface area contributed by atoms with Gasteiger partial charge in [-0.25, -0.2) is 4.39 Å². The number of halogens is 2. The van der Waals surface area contributed by atoms with Crippen LogP contribution in [0.3, 0.4) is 0 Å². The van der Waals surface area contributed by atoms with Crippen LogP contribution in [0.1, 0.15) is 0 Å². The summed E-state index contributed by atoms with van der Waals surface area (Å²) in [6.07, 6.45) is 0. The molecule has 1 aromatic heterocycles. The molecule has 2 aromatic rings. The molecule has 0 saturated carbocycles. The molecule has 0 aliphatic heterocycles. The van der Waals surface area contributed by atoms with Crippen LogP contribution in [-0.4, -0.2) is 5.11 Å². The molecule has 4 heteroatoms. The molecule has 0 unspecified atom stereocenters. The molecule has 0 atom stereocenters. The summed E-state index contributed by atoms with van der Waals surface area (Å²) < 4.78 is 14.7. The smallest absolute Gasteiger partial charge is 0.135 e. The molecule has 12 heavy (non-hydrogen) atoms. The summed E-state index contributed by atoms with van der Waals surface area (Å²) in [5, 5.41) is 9.62. The van der Waals surface area contributed by atoms with Gasteiger partial charge in [0.1, 0.15) is 11.6 Å². The van der Waals surface area contributed by atoms with Gasteiger partial charge in [0, 0.05) is 16.2 Å². The first kappa shape index (κ1) is 8.01. The lowest BCUT2D eigenvalue weighted by Gasteiger charge is -1.93. The highest BCUT2D eigenvalue weighted by Gasteiger charge is 2.06. The minimum absolute atomic E-state index is 0.0330. The van der Waals surface area contributed by atoms with Crippen molar-refractivity contribution in [1.82, 2.24) is 0 Å². The molecular formula is C8H4BrFOS. The van der Waals surface area contributed by atoms with Gasteiger partial charge >= 0.3 is 0 Å². The molecule has 0 radical (unpaired) electrons. The van der Waals surface area contributed by atoms with Crippen molar-refractivity contribution >= 4 is 37.4 Å². The van der Waals surface area contributed by atoms with Crippen LogP contribution in [0.4, 0.5) is 4.39 Å². The number of benzene rings is 1. The quantitative estimate of drug-likeness (QED) is 0.755. The number of phenolic OH excluding ortho intramolecular Hbond substituents is 1. The Hall–Kier alpha value is -0.610. The van der Waals surface area contributed by atoms with Crippen molar-refractivity contribution in [2.45, 2.75) is 0 Å². The molecule has 2 rings (SSSR count). The molecule has 0 spiro atoms. The van der Waals surface area contributed by atoms with E-state index in [9.17, 15) is 4.39 Å². The Morgan fingerprint density at radius 3 is 2.83 bits per heavy atom. The van der Waals surface area contributed by atoms with Crippen LogP contribution in [0.2, 0.25) is 0 Å². The van der Waals surface area contributed by atoms with Crippen LogP contribution >= 0.6 is 27.3 Å². The highest BCUT2D eigenvalue weighted by Crippen LogP contribution is 2.33.